The third kappa shape index (κ3) is 8.19. The highest BCUT2D eigenvalue weighted by Crippen LogP contribution is 2.28. The zero-order chi connectivity index (χ0) is 24.2. The van der Waals surface area contributed by atoms with Crippen molar-refractivity contribution in [2.75, 3.05) is 6.61 Å². The van der Waals surface area contributed by atoms with Gasteiger partial charge in [-0.05, 0) is 49.1 Å². The van der Waals surface area contributed by atoms with Crippen molar-refractivity contribution in [3.8, 4) is 17.2 Å². The van der Waals surface area contributed by atoms with Crippen molar-refractivity contribution >= 4 is 22.6 Å². The molecule has 6 heteroatoms. The van der Waals surface area contributed by atoms with Crippen LogP contribution in [0.4, 0.5) is 0 Å². The number of fused-ring (bicyclic) bond motifs is 1. The van der Waals surface area contributed by atoms with Crippen molar-refractivity contribution in [1.29, 1.82) is 0 Å². The number of rotatable bonds is 16. The molecule has 1 N–H and O–H groups in total. The molecule has 0 saturated carbocycles. The fourth-order valence-corrected chi connectivity index (χ4v) is 4.52. The fourth-order valence-electron chi connectivity index (χ4n) is 4.36. The van der Waals surface area contributed by atoms with Crippen molar-refractivity contribution < 1.29 is 9.84 Å². The molecule has 0 aliphatic heterocycles. The van der Waals surface area contributed by atoms with Crippen molar-refractivity contribution in [2.24, 2.45) is 5.92 Å². The molecule has 0 saturated heterocycles. The molecule has 2 aromatic carbocycles. The van der Waals surface area contributed by atoms with Crippen LogP contribution in [0.15, 0.2) is 36.4 Å². The number of hydrogen-bond donors (Lipinski definition) is 1. The normalized spacial score (nSPS) is 12.3. The monoisotopic (exact) mass is 485 g/mol. The van der Waals surface area contributed by atoms with Gasteiger partial charge in [0.25, 0.3) is 0 Å². The molecule has 0 aliphatic carbocycles. The summed E-state index contributed by atoms with van der Waals surface area (Å²) in [6, 6.07) is 10.7. The number of aromatic nitrogens is 3. The number of ether oxygens (including phenoxy) is 1. The first-order valence-corrected chi connectivity index (χ1v) is 13.5. The molecule has 1 unspecified atom stereocenters. The van der Waals surface area contributed by atoms with E-state index >= 15 is 0 Å². The van der Waals surface area contributed by atoms with Gasteiger partial charge in [-0.1, -0.05) is 89.7 Å². The maximum Gasteiger partial charge on any atom is 0.146 e. The molecule has 0 radical (unpaired) electrons. The van der Waals surface area contributed by atoms with E-state index in [4.69, 9.17) is 16.3 Å². The second-order valence-corrected chi connectivity index (χ2v) is 9.79. The zero-order valence-corrected chi connectivity index (χ0v) is 21.6. The molecule has 1 atom stereocenters. The fraction of sp³-hybridized carbons (Fsp3) is 0.571. The van der Waals surface area contributed by atoms with E-state index in [9.17, 15) is 5.11 Å². The molecule has 5 nitrogen and oxygen atoms in total. The molecule has 0 amide bonds. The molecule has 1 heterocycles. The average Bonchev–Trinajstić information content (AvgIpc) is 3.24. The van der Waals surface area contributed by atoms with E-state index in [-0.39, 0.29) is 5.75 Å². The summed E-state index contributed by atoms with van der Waals surface area (Å²) < 4.78 is 6.14. The van der Waals surface area contributed by atoms with Gasteiger partial charge in [-0.25, -0.2) is 0 Å². The summed E-state index contributed by atoms with van der Waals surface area (Å²) >= 11 is 6.05. The van der Waals surface area contributed by atoms with Gasteiger partial charge in [0.2, 0.25) is 0 Å². The lowest BCUT2D eigenvalue weighted by atomic mass is 9.95. The van der Waals surface area contributed by atoms with Crippen LogP contribution in [0.1, 0.15) is 90.9 Å². The summed E-state index contributed by atoms with van der Waals surface area (Å²) in [6.07, 6.45) is 15.5. The number of benzene rings is 2. The van der Waals surface area contributed by atoms with Gasteiger partial charge in [-0.15, -0.1) is 15.0 Å². The van der Waals surface area contributed by atoms with Crippen LogP contribution in [-0.2, 0) is 0 Å². The molecular weight excluding hydrogens is 446 g/mol. The molecule has 0 aliphatic rings. The molecule has 0 spiro atoms. The van der Waals surface area contributed by atoms with E-state index in [1.807, 2.05) is 12.1 Å². The highest BCUT2D eigenvalue weighted by atomic mass is 35.5. The van der Waals surface area contributed by atoms with Crippen LogP contribution in [-0.4, -0.2) is 26.7 Å². The zero-order valence-electron chi connectivity index (χ0n) is 20.8. The van der Waals surface area contributed by atoms with Crippen LogP contribution >= 0.6 is 11.6 Å². The highest BCUT2D eigenvalue weighted by Gasteiger charge is 2.13. The third-order valence-electron chi connectivity index (χ3n) is 6.42. The lowest BCUT2D eigenvalue weighted by Gasteiger charge is -2.18. The summed E-state index contributed by atoms with van der Waals surface area (Å²) in [7, 11) is 0. The van der Waals surface area contributed by atoms with Crippen LogP contribution in [0, 0.1) is 5.92 Å². The maximum absolute atomic E-state index is 10.6. The minimum absolute atomic E-state index is 0.0966. The van der Waals surface area contributed by atoms with Gasteiger partial charge in [0.05, 0.1) is 6.61 Å². The van der Waals surface area contributed by atoms with Gasteiger partial charge in [0.15, 0.2) is 0 Å². The Morgan fingerprint density at radius 3 is 2.18 bits per heavy atom. The largest absolute Gasteiger partial charge is 0.505 e. The van der Waals surface area contributed by atoms with E-state index in [0.717, 1.165) is 5.52 Å². The number of halogens is 1. The number of nitrogens with zero attached hydrogens (tertiary/aromatic N) is 3. The van der Waals surface area contributed by atoms with Crippen molar-refractivity contribution in [2.45, 2.75) is 90.9 Å². The highest BCUT2D eigenvalue weighted by molar-refractivity contribution is 6.31. The first kappa shape index (κ1) is 26.3. The van der Waals surface area contributed by atoms with E-state index in [1.54, 1.807) is 24.3 Å². The predicted molar refractivity (Wildman–Crippen MR) is 141 cm³/mol. The Balaban J connectivity index is 1.56. The van der Waals surface area contributed by atoms with Crippen LogP contribution in [0.3, 0.4) is 0 Å². The summed E-state index contributed by atoms with van der Waals surface area (Å²) in [6.45, 7) is 5.21. The Labute approximate surface area is 209 Å². The van der Waals surface area contributed by atoms with Crippen LogP contribution < -0.4 is 4.74 Å². The Kier molecular flexibility index (Phi) is 11.0. The van der Waals surface area contributed by atoms with Crippen molar-refractivity contribution in [1.82, 2.24) is 15.0 Å². The topological polar surface area (TPSA) is 60.2 Å². The summed E-state index contributed by atoms with van der Waals surface area (Å²) in [5, 5.41) is 20.1. The van der Waals surface area contributed by atoms with Crippen molar-refractivity contribution in [3.05, 3.63) is 41.4 Å². The van der Waals surface area contributed by atoms with Crippen LogP contribution in [0.25, 0.3) is 16.7 Å². The predicted octanol–water partition coefficient (Wildman–Crippen LogP) is 8.50. The quantitative estimate of drug-likeness (QED) is 0.206. The molecule has 1 aromatic heterocycles. The van der Waals surface area contributed by atoms with Gasteiger partial charge in [0.1, 0.15) is 28.2 Å². The standard InChI is InChI=1S/C28H40ClN3O2/c1-3-5-7-9-10-12-14-22(13-11-8-6-4-2)21-34-24-16-18-27(28(33)20-24)32-30-25-17-15-23(29)19-26(25)31-32/h15-20,22,33H,3-14,21H2,1-2H3. The Morgan fingerprint density at radius 1 is 0.824 bits per heavy atom. The second kappa shape index (κ2) is 14.2. The third-order valence-corrected chi connectivity index (χ3v) is 6.66. The minimum atomic E-state index is 0.0966. The Morgan fingerprint density at radius 2 is 1.47 bits per heavy atom. The minimum Gasteiger partial charge on any atom is -0.505 e. The van der Waals surface area contributed by atoms with E-state index in [0.29, 0.717) is 34.5 Å². The van der Waals surface area contributed by atoms with E-state index in [2.05, 4.69) is 24.0 Å². The molecule has 3 aromatic rings. The van der Waals surface area contributed by atoms with Crippen LogP contribution in [0.2, 0.25) is 5.02 Å². The number of aromatic hydroxyl groups is 1. The van der Waals surface area contributed by atoms with E-state index < -0.39 is 0 Å². The number of hydrogen-bond acceptors (Lipinski definition) is 4. The molecule has 0 bridgehead atoms. The second-order valence-electron chi connectivity index (χ2n) is 9.36. The molecular formula is C28H40ClN3O2. The molecule has 0 fully saturated rings. The molecule has 3 rings (SSSR count). The number of phenols is 1. The first-order chi connectivity index (χ1) is 16.6. The van der Waals surface area contributed by atoms with Gasteiger partial charge in [0, 0.05) is 11.1 Å². The van der Waals surface area contributed by atoms with E-state index in [1.165, 1.54) is 81.8 Å². The van der Waals surface area contributed by atoms with Gasteiger partial charge in [-0.3, -0.25) is 0 Å². The average molecular weight is 486 g/mol. The molecule has 186 valence electrons. The lowest BCUT2D eigenvalue weighted by Crippen LogP contribution is -2.12. The lowest BCUT2D eigenvalue weighted by molar-refractivity contribution is 0.223. The van der Waals surface area contributed by atoms with Crippen molar-refractivity contribution in [3.63, 3.8) is 0 Å². The van der Waals surface area contributed by atoms with Gasteiger partial charge in [-0.2, -0.15) is 0 Å². The van der Waals surface area contributed by atoms with Gasteiger partial charge < -0.3 is 9.84 Å². The van der Waals surface area contributed by atoms with Crippen LogP contribution in [0.5, 0.6) is 11.5 Å². The summed E-state index contributed by atoms with van der Waals surface area (Å²) in [5.41, 5.74) is 1.93. The molecule has 34 heavy (non-hydrogen) atoms. The Hall–Kier alpha value is -2.27. The van der Waals surface area contributed by atoms with Gasteiger partial charge >= 0.3 is 0 Å². The number of unbranched alkanes of at least 4 members (excludes halogenated alkanes) is 8. The Bertz CT molecular complexity index is 1000. The summed E-state index contributed by atoms with van der Waals surface area (Å²) in [5.74, 6) is 1.34. The number of phenolic OH excluding ortho intramolecular Hbond substituents is 1. The summed E-state index contributed by atoms with van der Waals surface area (Å²) in [4.78, 5) is 1.44. The maximum atomic E-state index is 10.6. The SMILES string of the molecule is CCCCCCCCC(CCCCCC)COc1ccc(-n2nc3ccc(Cl)cc3n2)c(O)c1. The first-order valence-electron chi connectivity index (χ1n) is 13.1. The smallest absolute Gasteiger partial charge is 0.146 e.